The standard InChI is InChI=1S/C15H29NO4/c1-6-8-9-10-12(13(17)18)16(11-7-2)14(19)20-15(3,4)5/h12H,6-11H2,1-5H3,(H,17,18). The number of hydrogen-bond donors (Lipinski definition) is 1. The third-order valence-corrected chi connectivity index (χ3v) is 2.83. The van der Waals surface area contributed by atoms with Crippen LogP contribution in [0.25, 0.3) is 0 Å². The van der Waals surface area contributed by atoms with Gasteiger partial charge in [-0.15, -0.1) is 0 Å². The fourth-order valence-corrected chi connectivity index (χ4v) is 1.94. The zero-order valence-corrected chi connectivity index (χ0v) is 13.4. The predicted octanol–water partition coefficient (Wildman–Crippen LogP) is 3.67. The van der Waals surface area contributed by atoms with E-state index in [1.807, 2.05) is 6.92 Å². The molecular formula is C15H29NO4. The van der Waals surface area contributed by atoms with Gasteiger partial charge in [-0.1, -0.05) is 33.1 Å². The van der Waals surface area contributed by atoms with Crippen LogP contribution in [0, 0.1) is 0 Å². The van der Waals surface area contributed by atoms with Crippen LogP contribution in [-0.2, 0) is 9.53 Å². The number of ether oxygens (including phenoxy) is 1. The van der Waals surface area contributed by atoms with Gasteiger partial charge in [-0.05, 0) is 33.6 Å². The molecule has 0 saturated carbocycles. The molecule has 0 rings (SSSR count). The van der Waals surface area contributed by atoms with E-state index in [4.69, 9.17) is 4.74 Å². The summed E-state index contributed by atoms with van der Waals surface area (Å²) in [6.45, 7) is 9.72. The molecule has 0 radical (unpaired) electrons. The number of unbranched alkanes of at least 4 members (excludes halogenated alkanes) is 2. The van der Waals surface area contributed by atoms with Crippen LogP contribution < -0.4 is 0 Å². The lowest BCUT2D eigenvalue weighted by Crippen LogP contribution is -2.47. The summed E-state index contributed by atoms with van der Waals surface area (Å²) >= 11 is 0. The first-order valence-electron chi connectivity index (χ1n) is 7.45. The zero-order valence-electron chi connectivity index (χ0n) is 13.4. The van der Waals surface area contributed by atoms with E-state index in [0.717, 1.165) is 19.3 Å². The average Bonchev–Trinajstić information content (AvgIpc) is 2.30. The first kappa shape index (κ1) is 18.7. The lowest BCUT2D eigenvalue weighted by molar-refractivity contribution is -0.143. The smallest absolute Gasteiger partial charge is 0.411 e. The van der Waals surface area contributed by atoms with Gasteiger partial charge in [0.05, 0.1) is 0 Å². The molecule has 20 heavy (non-hydrogen) atoms. The van der Waals surface area contributed by atoms with E-state index in [0.29, 0.717) is 19.4 Å². The third kappa shape index (κ3) is 7.36. The summed E-state index contributed by atoms with van der Waals surface area (Å²) in [5.74, 6) is -0.958. The number of amides is 1. The second-order valence-electron chi connectivity index (χ2n) is 6.02. The highest BCUT2D eigenvalue weighted by Gasteiger charge is 2.31. The van der Waals surface area contributed by atoms with Gasteiger partial charge in [0.2, 0.25) is 0 Å². The van der Waals surface area contributed by atoms with Gasteiger partial charge in [-0.2, -0.15) is 0 Å². The number of carboxylic acids is 1. The average molecular weight is 287 g/mol. The fraction of sp³-hybridized carbons (Fsp3) is 0.867. The van der Waals surface area contributed by atoms with Gasteiger partial charge in [0.1, 0.15) is 11.6 Å². The number of nitrogens with zero attached hydrogens (tertiary/aromatic N) is 1. The highest BCUT2D eigenvalue weighted by atomic mass is 16.6. The summed E-state index contributed by atoms with van der Waals surface area (Å²) in [4.78, 5) is 24.9. The highest BCUT2D eigenvalue weighted by Crippen LogP contribution is 2.16. The maximum Gasteiger partial charge on any atom is 0.411 e. The van der Waals surface area contributed by atoms with E-state index in [1.165, 1.54) is 4.90 Å². The van der Waals surface area contributed by atoms with Crippen LogP contribution in [0.1, 0.15) is 66.7 Å². The molecule has 5 heteroatoms. The lowest BCUT2D eigenvalue weighted by Gasteiger charge is -2.31. The Morgan fingerprint density at radius 2 is 1.75 bits per heavy atom. The van der Waals surface area contributed by atoms with Gasteiger partial charge in [-0.25, -0.2) is 9.59 Å². The Hall–Kier alpha value is -1.26. The molecule has 0 saturated heterocycles. The molecule has 0 aliphatic heterocycles. The number of carbonyl (C=O) groups excluding carboxylic acids is 1. The fourth-order valence-electron chi connectivity index (χ4n) is 1.94. The van der Waals surface area contributed by atoms with Gasteiger partial charge in [0.25, 0.3) is 0 Å². The minimum absolute atomic E-state index is 0.401. The molecule has 0 bridgehead atoms. The molecule has 0 aliphatic rings. The Kier molecular flexibility index (Phi) is 8.26. The Morgan fingerprint density at radius 1 is 1.15 bits per heavy atom. The number of rotatable bonds is 8. The van der Waals surface area contributed by atoms with Crippen LogP contribution in [-0.4, -0.2) is 40.3 Å². The molecule has 118 valence electrons. The van der Waals surface area contributed by atoms with Crippen molar-refractivity contribution in [1.29, 1.82) is 0 Å². The molecule has 0 heterocycles. The van der Waals surface area contributed by atoms with Crippen LogP contribution in [0.2, 0.25) is 0 Å². The van der Waals surface area contributed by atoms with E-state index in [2.05, 4.69) is 6.92 Å². The lowest BCUT2D eigenvalue weighted by atomic mass is 10.1. The number of hydrogen-bond acceptors (Lipinski definition) is 3. The number of carboxylic acid groups (broad SMARTS) is 1. The normalized spacial score (nSPS) is 12.8. The second-order valence-corrected chi connectivity index (χ2v) is 6.02. The first-order valence-corrected chi connectivity index (χ1v) is 7.45. The maximum absolute atomic E-state index is 12.2. The Bertz CT molecular complexity index is 309. The van der Waals surface area contributed by atoms with Crippen molar-refractivity contribution in [3.8, 4) is 0 Å². The van der Waals surface area contributed by atoms with Crippen LogP contribution >= 0.6 is 0 Å². The van der Waals surface area contributed by atoms with Gasteiger partial charge in [0, 0.05) is 6.54 Å². The largest absolute Gasteiger partial charge is 0.480 e. The van der Waals surface area contributed by atoms with E-state index in [9.17, 15) is 14.7 Å². The molecular weight excluding hydrogens is 258 g/mol. The van der Waals surface area contributed by atoms with Crippen molar-refractivity contribution < 1.29 is 19.4 Å². The van der Waals surface area contributed by atoms with Crippen LogP contribution in [0.15, 0.2) is 0 Å². The predicted molar refractivity (Wildman–Crippen MR) is 78.8 cm³/mol. The van der Waals surface area contributed by atoms with Crippen molar-refractivity contribution in [2.45, 2.75) is 78.4 Å². The van der Waals surface area contributed by atoms with Crippen LogP contribution in [0.3, 0.4) is 0 Å². The molecule has 1 N–H and O–H groups in total. The molecule has 1 amide bonds. The first-order chi connectivity index (χ1) is 9.22. The van der Waals surface area contributed by atoms with Crippen molar-refractivity contribution in [1.82, 2.24) is 4.90 Å². The number of aliphatic carboxylic acids is 1. The summed E-state index contributed by atoms with van der Waals surface area (Å²) in [7, 11) is 0. The van der Waals surface area contributed by atoms with Gasteiger partial charge < -0.3 is 9.84 Å². The molecule has 0 aromatic carbocycles. The van der Waals surface area contributed by atoms with E-state index in [-0.39, 0.29) is 0 Å². The maximum atomic E-state index is 12.2. The minimum Gasteiger partial charge on any atom is -0.480 e. The molecule has 0 fully saturated rings. The second kappa shape index (κ2) is 8.82. The quantitative estimate of drug-likeness (QED) is 0.692. The van der Waals surface area contributed by atoms with Crippen molar-refractivity contribution in [3.05, 3.63) is 0 Å². The highest BCUT2D eigenvalue weighted by molar-refractivity contribution is 5.80. The van der Waals surface area contributed by atoms with Crippen molar-refractivity contribution in [2.75, 3.05) is 6.54 Å². The summed E-state index contributed by atoms with van der Waals surface area (Å²) in [6, 6.07) is -0.795. The van der Waals surface area contributed by atoms with Crippen LogP contribution in [0.5, 0.6) is 0 Å². The molecule has 0 aromatic heterocycles. The molecule has 1 atom stereocenters. The van der Waals surface area contributed by atoms with Crippen molar-refractivity contribution in [2.24, 2.45) is 0 Å². The molecule has 0 spiro atoms. The monoisotopic (exact) mass is 287 g/mol. The van der Waals surface area contributed by atoms with E-state index < -0.39 is 23.7 Å². The van der Waals surface area contributed by atoms with Crippen molar-refractivity contribution >= 4 is 12.1 Å². The SMILES string of the molecule is CCCCCC(C(=O)O)N(CCC)C(=O)OC(C)(C)C. The summed E-state index contributed by atoms with van der Waals surface area (Å²) in [5.41, 5.74) is -0.616. The number of carbonyl (C=O) groups is 2. The zero-order chi connectivity index (χ0) is 15.8. The molecule has 5 nitrogen and oxygen atoms in total. The Morgan fingerprint density at radius 3 is 2.15 bits per heavy atom. The van der Waals surface area contributed by atoms with Gasteiger partial charge in [0.15, 0.2) is 0 Å². The van der Waals surface area contributed by atoms with Gasteiger partial charge >= 0.3 is 12.1 Å². The Labute approximate surface area is 122 Å². The molecule has 0 aliphatic carbocycles. The molecule has 1 unspecified atom stereocenters. The summed E-state index contributed by atoms with van der Waals surface area (Å²) < 4.78 is 5.31. The topological polar surface area (TPSA) is 66.8 Å². The third-order valence-electron chi connectivity index (χ3n) is 2.83. The minimum atomic E-state index is -0.958. The summed E-state index contributed by atoms with van der Waals surface area (Å²) in [6.07, 6.45) is 3.43. The summed E-state index contributed by atoms with van der Waals surface area (Å²) in [5, 5.41) is 9.37. The van der Waals surface area contributed by atoms with E-state index in [1.54, 1.807) is 20.8 Å². The van der Waals surface area contributed by atoms with E-state index >= 15 is 0 Å². The molecule has 0 aromatic rings. The van der Waals surface area contributed by atoms with Crippen molar-refractivity contribution in [3.63, 3.8) is 0 Å². The Balaban J connectivity index is 4.87. The van der Waals surface area contributed by atoms with Gasteiger partial charge in [-0.3, -0.25) is 4.90 Å². The van der Waals surface area contributed by atoms with Crippen LogP contribution in [0.4, 0.5) is 4.79 Å².